The number of rotatable bonds is 6. The molecule has 0 spiro atoms. The minimum atomic E-state index is -3.08. The van der Waals surface area contributed by atoms with Gasteiger partial charge in [0.25, 0.3) is 0 Å². The van der Waals surface area contributed by atoms with Gasteiger partial charge in [-0.1, -0.05) is 19.3 Å². The quantitative estimate of drug-likeness (QED) is 0.754. The van der Waals surface area contributed by atoms with Crippen molar-refractivity contribution < 1.29 is 13.2 Å². The molecule has 2 fully saturated rings. The number of ether oxygens (including phenoxy) is 1. The maximum atomic E-state index is 12.6. The van der Waals surface area contributed by atoms with Crippen molar-refractivity contribution in [3.8, 4) is 0 Å². The zero-order valence-electron chi connectivity index (χ0n) is 12.3. The van der Waals surface area contributed by atoms with Gasteiger partial charge in [-0.3, -0.25) is 0 Å². The van der Waals surface area contributed by atoms with Gasteiger partial charge in [-0.15, -0.1) is 0 Å². The number of nitrogens with zero attached hydrogens (tertiary/aromatic N) is 1. The molecule has 1 aliphatic heterocycles. The molecule has 5 nitrogen and oxygen atoms in total. The first-order chi connectivity index (χ1) is 9.64. The minimum absolute atomic E-state index is 0.133. The predicted molar refractivity (Wildman–Crippen MR) is 80.0 cm³/mol. The molecule has 2 aliphatic rings. The van der Waals surface area contributed by atoms with Crippen molar-refractivity contribution in [3.05, 3.63) is 0 Å². The molecule has 1 saturated carbocycles. The van der Waals surface area contributed by atoms with Gasteiger partial charge in [0.15, 0.2) is 0 Å². The minimum Gasteiger partial charge on any atom is -0.378 e. The lowest BCUT2D eigenvalue weighted by Gasteiger charge is -2.34. The van der Waals surface area contributed by atoms with Gasteiger partial charge >= 0.3 is 0 Å². The molecule has 0 bridgehead atoms. The van der Waals surface area contributed by atoms with Crippen LogP contribution in [0, 0.1) is 0 Å². The highest BCUT2D eigenvalue weighted by Gasteiger charge is 2.35. The van der Waals surface area contributed by atoms with Gasteiger partial charge in [-0.05, 0) is 38.6 Å². The molecule has 0 aromatic heterocycles. The molecule has 20 heavy (non-hydrogen) atoms. The van der Waals surface area contributed by atoms with E-state index in [-0.39, 0.29) is 11.4 Å². The van der Waals surface area contributed by atoms with Gasteiger partial charge in [0.05, 0.1) is 11.4 Å². The summed E-state index contributed by atoms with van der Waals surface area (Å²) in [5, 5.41) is -0.133. The molecule has 0 atom stereocenters. The van der Waals surface area contributed by atoms with Crippen molar-refractivity contribution in [1.82, 2.24) is 4.31 Å². The summed E-state index contributed by atoms with van der Waals surface area (Å²) < 4.78 is 32.6. The molecule has 1 aliphatic carbocycles. The molecule has 118 valence electrons. The van der Waals surface area contributed by atoms with Crippen LogP contribution in [0.3, 0.4) is 0 Å². The molecule has 0 unspecified atom stereocenters. The zero-order valence-corrected chi connectivity index (χ0v) is 13.1. The van der Waals surface area contributed by atoms with E-state index in [1.54, 1.807) is 4.31 Å². The summed E-state index contributed by atoms with van der Waals surface area (Å²) in [6.07, 6.45) is 7.70. The van der Waals surface area contributed by atoms with Gasteiger partial charge in [0.1, 0.15) is 0 Å². The second kappa shape index (κ2) is 7.73. The summed E-state index contributed by atoms with van der Waals surface area (Å²) in [5.41, 5.74) is 5.44. The molecule has 0 aromatic rings. The summed E-state index contributed by atoms with van der Waals surface area (Å²) in [7, 11) is -3.08. The third kappa shape index (κ3) is 4.16. The van der Waals surface area contributed by atoms with Crippen molar-refractivity contribution in [1.29, 1.82) is 0 Å². The van der Waals surface area contributed by atoms with Crippen molar-refractivity contribution in [2.75, 3.05) is 26.2 Å². The van der Waals surface area contributed by atoms with E-state index in [1.165, 1.54) is 6.42 Å². The second-order valence-electron chi connectivity index (χ2n) is 5.92. The summed E-state index contributed by atoms with van der Waals surface area (Å²) in [5.74, 6) is 0. The van der Waals surface area contributed by atoms with Gasteiger partial charge in [0, 0.05) is 19.7 Å². The molecule has 1 heterocycles. The van der Waals surface area contributed by atoms with E-state index in [0.29, 0.717) is 26.2 Å². The molecular weight excluding hydrogens is 276 g/mol. The Morgan fingerprint density at radius 2 is 1.70 bits per heavy atom. The standard InChI is InChI=1S/C14H28N2O3S/c15-9-4-12-19-13-7-10-16(11-8-13)20(17,18)14-5-2-1-3-6-14/h13-14H,1-12,15H2. The van der Waals surface area contributed by atoms with E-state index in [9.17, 15) is 8.42 Å². The smallest absolute Gasteiger partial charge is 0.216 e. The first-order valence-corrected chi connectivity index (χ1v) is 9.45. The number of hydrogen-bond donors (Lipinski definition) is 1. The SMILES string of the molecule is NCCCOC1CCN(S(=O)(=O)C2CCCCC2)CC1. The highest BCUT2D eigenvalue weighted by Crippen LogP contribution is 2.28. The monoisotopic (exact) mass is 304 g/mol. The van der Waals surface area contributed by atoms with Crippen molar-refractivity contribution in [2.45, 2.75) is 62.7 Å². The molecular formula is C14H28N2O3S. The van der Waals surface area contributed by atoms with Crippen LogP contribution in [0.15, 0.2) is 0 Å². The fourth-order valence-corrected chi connectivity index (χ4v) is 5.23. The highest BCUT2D eigenvalue weighted by atomic mass is 32.2. The Bertz CT molecular complexity index is 372. The van der Waals surface area contributed by atoms with Crippen LogP contribution >= 0.6 is 0 Å². The van der Waals surface area contributed by atoms with Crippen molar-refractivity contribution in [2.24, 2.45) is 5.73 Å². The number of hydrogen-bond acceptors (Lipinski definition) is 4. The van der Waals surface area contributed by atoms with Gasteiger partial charge in [0.2, 0.25) is 10.0 Å². The Morgan fingerprint density at radius 1 is 1.05 bits per heavy atom. The van der Waals surface area contributed by atoms with Crippen molar-refractivity contribution >= 4 is 10.0 Å². The van der Waals surface area contributed by atoms with Crippen LogP contribution in [0.5, 0.6) is 0 Å². The van der Waals surface area contributed by atoms with Crippen LogP contribution in [0.4, 0.5) is 0 Å². The topological polar surface area (TPSA) is 72.6 Å². The maximum absolute atomic E-state index is 12.6. The van der Waals surface area contributed by atoms with Gasteiger partial charge in [-0.25, -0.2) is 12.7 Å². The Morgan fingerprint density at radius 3 is 2.30 bits per heavy atom. The fourth-order valence-electron chi connectivity index (χ4n) is 3.16. The van der Waals surface area contributed by atoms with Crippen LogP contribution < -0.4 is 5.73 Å². The summed E-state index contributed by atoms with van der Waals surface area (Å²) in [6, 6.07) is 0. The lowest BCUT2D eigenvalue weighted by molar-refractivity contribution is 0.0207. The Balaban J connectivity index is 1.80. The predicted octanol–water partition coefficient (Wildman–Crippen LogP) is 1.48. The summed E-state index contributed by atoms with van der Waals surface area (Å²) in [6.45, 7) is 2.57. The van der Waals surface area contributed by atoms with Crippen LogP contribution in [-0.4, -0.2) is 50.3 Å². The lowest BCUT2D eigenvalue weighted by atomic mass is 10.0. The van der Waals surface area contributed by atoms with Crippen LogP contribution in [0.1, 0.15) is 51.4 Å². The van der Waals surface area contributed by atoms with E-state index >= 15 is 0 Å². The Hall–Kier alpha value is -0.170. The molecule has 2 N–H and O–H groups in total. The van der Waals surface area contributed by atoms with E-state index < -0.39 is 10.0 Å². The lowest BCUT2D eigenvalue weighted by Crippen LogP contribution is -2.45. The number of piperidine rings is 1. The van der Waals surface area contributed by atoms with Crippen LogP contribution in [-0.2, 0) is 14.8 Å². The van der Waals surface area contributed by atoms with E-state index in [1.807, 2.05) is 0 Å². The second-order valence-corrected chi connectivity index (χ2v) is 8.13. The first-order valence-electron chi connectivity index (χ1n) is 7.95. The summed E-state index contributed by atoms with van der Waals surface area (Å²) in [4.78, 5) is 0. The van der Waals surface area contributed by atoms with Gasteiger partial charge in [-0.2, -0.15) is 0 Å². The number of sulfonamides is 1. The highest BCUT2D eigenvalue weighted by molar-refractivity contribution is 7.89. The Labute approximate surface area is 122 Å². The maximum Gasteiger partial charge on any atom is 0.216 e. The average molecular weight is 304 g/mol. The first kappa shape index (κ1) is 16.2. The Kier molecular flexibility index (Phi) is 6.26. The molecule has 0 radical (unpaired) electrons. The molecule has 2 rings (SSSR count). The van der Waals surface area contributed by atoms with E-state index in [2.05, 4.69) is 0 Å². The fraction of sp³-hybridized carbons (Fsp3) is 1.00. The molecule has 0 aromatic carbocycles. The van der Waals surface area contributed by atoms with E-state index in [0.717, 1.165) is 44.9 Å². The molecule has 0 amide bonds. The summed E-state index contributed by atoms with van der Waals surface area (Å²) >= 11 is 0. The third-order valence-corrected chi connectivity index (χ3v) is 6.84. The van der Waals surface area contributed by atoms with Crippen LogP contribution in [0.25, 0.3) is 0 Å². The van der Waals surface area contributed by atoms with E-state index in [4.69, 9.17) is 10.5 Å². The van der Waals surface area contributed by atoms with Crippen LogP contribution in [0.2, 0.25) is 0 Å². The normalized spacial score (nSPS) is 24.1. The molecule has 6 heteroatoms. The average Bonchev–Trinajstić information content (AvgIpc) is 2.49. The zero-order chi connectivity index (χ0) is 14.4. The third-order valence-electron chi connectivity index (χ3n) is 4.44. The molecule has 1 saturated heterocycles. The van der Waals surface area contributed by atoms with Crippen molar-refractivity contribution in [3.63, 3.8) is 0 Å². The number of nitrogens with two attached hydrogens (primary N) is 1. The largest absolute Gasteiger partial charge is 0.378 e. The van der Waals surface area contributed by atoms with Gasteiger partial charge < -0.3 is 10.5 Å².